The predicted octanol–water partition coefficient (Wildman–Crippen LogP) is 8.74. The number of benzene rings is 1. The van der Waals surface area contributed by atoms with Crippen LogP contribution in [0.5, 0.6) is 0 Å². The summed E-state index contributed by atoms with van der Waals surface area (Å²) in [5.41, 5.74) is 5.37. The average Bonchev–Trinajstić information content (AvgIpc) is 3.58. The van der Waals surface area contributed by atoms with Crippen LogP contribution < -0.4 is 10.8 Å². The number of aryl methyl sites for hydroxylation is 1. The number of ether oxygens (including phenoxy) is 2. The largest absolute Gasteiger partial charge is 0.614 e. The number of hydrogen-bond donors (Lipinski definition) is 2. The van der Waals surface area contributed by atoms with Gasteiger partial charge in [-0.25, -0.2) is 4.98 Å². The van der Waals surface area contributed by atoms with Crippen molar-refractivity contribution >= 4 is 31.1 Å². The smallest absolute Gasteiger partial charge is 0.464 e. The van der Waals surface area contributed by atoms with Gasteiger partial charge in [-0.3, -0.25) is 4.79 Å². The van der Waals surface area contributed by atoms with Crippen LogP contribution in [0.3, 0.4) is 0 Å². The number of halogens is 10. The summed E-state index contributed by atoms with van der Waals surface area (Å²) in [6.07, 6.45) is 0.764. The predicted molar refractivity (Wildman–Crippen MR) is 192 cm³/mol. The van der Waals surface area contributed by atoms with Gasteiger partial charge in [0.2, 0.25) is 0 Å². The number of anilines is 1. The summed E-state index contributed by atoms with van der Waals surface area (Å²) in [6, 6.07) is 7.76. The summed E-state index contributed by atoms with van der Waals surface area (Å²) in [4.78, 5) is 24.4. The van der Waals surface area contributed by atoms with Gasteiger partial charge in [0.25, 0.3) is 0 Å². The van der Waals surface area contributed by atoms with Crippen LogP contribution in [0.15, 0.2) is 36.7 Å². The Labute approximate surface area is 328 Å². The molecule has 322 valence electrons. The molecule has 3 atom stereocenters. The van der Waals surface area contributed by atoms with E-state index in [0.717, 1.165) is 5.56 Å². The molecule has 3 N–H and O–H groups in total. The topological polar surface area (TPSA) is 143 Å². The van der Waals surface area contributed by atoms with Crippen molar-refractivity contribution in [3.8, 4) is 12.3 Å². The molecule has 0 saturated heterocycles. The average molecular weight is 862 g/mol. The Bertz CT molecular complexity index is 1830. The second-order valence-electron chi connectivity index (χ2n) is 13.4. The van der Waals surface area contributed by atoms with Gasteiger partial charge in [0.1, 0.15) is 12.1 Å². The third-order valence-electron chi connectivity index (χ3n) is 9.21. The number of nitrogens with one attached hydrogen (secondary N) is 1. The van der Waals surface area contributed by atoms with Gasteiger partial charge in [-0.2, -0.15) is 53.9 Å². The third kappa shape index (κ3) is 12.9. The van der Waals surface area contributed by atoms with Crippen molar-refractivity contribution in [1.82, 2.24) is 24.6 Å². The SMILES string of the molecule is C#C[C@](CCn1cnc2c(N)nc(F)nc21)(CO[P+](=O)N[C@@H](Cc1ccccc1)C(=O)OCCCCCCCCCCCC(F)(F)C(F)(F)C(F)(F)C(F)(F)F)OC. The number of methoxy groups -OCH3 is 1. The van der Waals surface area contributed by atoms with E-state index in [0.29, 0.717) is 38.5 Å². The number of esters is 1. The zero-order valence-corrected chi connectivity index (χ0v) is 32.3. The van der Waals surface area contributed by atoms with Crippen LogP contribution in [0, 0.1) is 18.4 Å². The van der Waals surface area contributed by atoms with Crippen LogP contribution in [-0.2, 0) is 36.3 Å². The molecule has 0 saturated carbocycles. The van der Waals surface area contributed by atoms with Crippen LogP contribution in [0.1, 0.15) is 76.2 Å². The number of terminal acetylenes is 1. The first-order valence-corrected chi connectivity index (χ1v) is 19.3. The molecule has 11 nitrogen and oxygen atoms in total. The normalized spacial score (nSPS) is 14.6. The van der Waals surface area contributed by atoms with E-state index >= 15 is 0 Å². The highest BCUT2D eigenvalue weighted by Gasteiger charge is 2.81. The molecule has 3 aromatic rings. The Morgan fingerprint density at radius 1 is 0.914 bits per heavy atom. The lowest BCUT2D eigenvalue weighted by Crippen LogP contribution is -2.60. The van der Waals surface area contributed by atoms with Crippen LogP contribution in [0.2, 0.25) is 0 Å². The Kier molecular flexibility index (Phi) is 17.7. The van der Waals surface area contributed by atoms with Crippen molar-refractivity contribution in [1.29, 1.82) is 0 Å². The maximum Gasteiger partial charge on any atom is 0.614 e. The van der Waals surface area contributed by atoms with Gasteiger partial charge in [0.15, 0.2) is 23.1 Å². The maximum atomic E-state index is 13.8. The minimum absolute atomic E-state index is 0.0307. The number of nitrogen functional groups attached to an aromatic ring is 1. The van der Waals surface area contributed by atoms with Gasteiger partial charge in [0, 0.05) is 32.9 Å². The Hall–Kier alpha value is -4.12. The van der Waals surface area contributed by atoms with Gasteiger partial charge >= 0.3 is 44.2 Å². The molecule has 0 aliphatic carbocycles. The number of unbranched alkanes of at least 4 members (excludes halogenated alkanes) is 8. The summed E-state index contributed by atoms with van der Waals surface area (Å²) in [7, 11) is -1.36. The number of imidazole rings is 1. The van der Waals surface area contributed by atoms with Crippen molar-refractivity contribution in [2.45, 2.75) is 119 Å². The molecule has 0 aliphatic rings. The maximum absolute atomic E-state index is 13.8. The number of hydrogen-bond acceptors (Lipinski definition) is 9. The highest BCUT2D eigenvalue weighted by atomic mass is 31.1. The number of rotatable bonds is 26. The first-order valence-electron chi connectivity index (χ1n) is 18.1. The van der Waals surface area contributed by atoms with Gasteiger partial charge in [-0.05, 0) is 23.0 Å². The van der Waals surface area contributed by atoms with Crippen LogP contribution in [0.25, 0.3) is 11.2 Å². The van der Waals surface area contributed by atoms with Gasteiger partial charge in [-0.1, -0.05) is 86.3 Å². The third-order valence-corrected chi connectivity index (χ3v) is 10.1. The molecule has 22 heteroatoms. The zero-order valence-electron chi connectivity index (χ0n) is 31.4. The molecule has 1 aromatic carbocycles. The Morgan fingerprint density at radius 3 is 2.10 bits per heavy atom. The van der Waals surface area contributed by atoms with Crippen LogP contribution in [0.4, 0.5) is 49.7 Å². The highest BCUT2D eigenvalue weighted by Crippen LogP contribution is 2.54. The van der Waals surface area contributed by atoms with E-state index in [1.54, 1.807) is 30.3 Å². The summed E-state index contributed by atoms with van der Waals surface area (Å²) in [5, 5.41) is 2.65. The van der Waals surface area contributed by atoms with E-state index in [-0.39, 0.29) is 62.4 Å². The summed E-state index contributed by atoms with van der Waals surface area (Å²) >= 11 is 0. The fourth-order valence-corrected chi connectivity index (χ4v) is 6.54. The van der Waals surface area contributed by atoms with Crippen LogP contribution in [-0.4, -0.2) is 81.4 Å². The minimum Gasteiger partial charge on any atom is -0.464 e. The summed E-state index contributed by atoms with van der Waals surface area (Å²) in [5.74, 6) is -17.4. The first kappa shape index (κ1) is 48.3. The number of fused-ring (bicyclic) bond motifs is 1. The van der Waals surface area contributed by atoms with E-state index < -0.39 is 68.7 Å². The number of aromatic nitrogens is 4. The standard InChI is InChI=1S/C36H44F10N6O5P/c1-3-32(55-2,19-20-52-24-48-27-28(47)49-31(37)50-29(27)52)23-57-58(54)51-26(22-25-16-12-11-13-17-25)30(53)56-21-15-10-8-6-4-5-7-9-14-18-33(38,39)34(40,41)35(42,43)36(44,45)46/h1,11-13,16-17,24,26H,4-10,14-15,18-23H2,2H3,(H,51,54)(H2,47,49,50)/q+1/t26-,32-/m0/s1. The highest BCUT2D eigenvalue weighted by molar-refractivity contribution is 7.36. The molecule has 0 aliphatic heterocycles. The fourth-order valence-electron chi connectivity index (χ4n) is 5.69. The Balaban J connectivity index is 1.40. The van der Waals surface area contributed by atoms with E-state index in [4.69, 9.17) is 26.2 Å². The number of alkyl halides is 9. The molecule has 1 unspecified atom stereocenters. The number of nitrogens with two attached hydrogens (primary N) is 1. The molecule has 0 radical (unpaired) electrons. The lowest BCUT2D eigenvalue weighted by atomic mass is 9.97. The molecule has 3 rings (SSSR count). The van der Waals surface area contributed by atoms with Gasteiger partial charge in [-0.15, -0.1) is 10.9 Å². The van der Waals surface area contributed by atoms with Crippen molar-refractivity contribution in [3.05, 3.63) is 48.3 Å². The van der Waals surface area contributed by atoms with Crippen LogP contribution >= 0.6 is 8.18 Å². The van der Waals surface area contributed by atoms with Gasteiger partial charge < -0.3 is 19.8 Å². The molecule has 0 fully saturated rings. The van der Waals surface area contributed by atoms with E-state index in [1.165, 1.54) is 18.0 Å². The molecule has 2 heterocycles. The molecular weight excluding hydrogens is 817 g/mol. The van der Waals surface area contributed by atoms with Crippen molar-refractivity contribution in [2.75, 3.05) is 26.1 Å². The monoisotopic (exact) mass is 861 g/mol. The molecule has 0 bridgehead atoms. The van der Waals surface area contributed by atoms with Crippen molar-refractivity contribution < 1.29 is 67.3 Å². The van der Waals surface area contributed by atoms with Gasteiger partial charge in [0.05, 0.1) is 12.9 Å². The van der Waals surface area contributed by atoms with Crippen molar-refractivity contribution in [3.63, 3.8) is 0 Å². The second-order valence-corrected chi connectivity index (χ2v) is 14.5. The zero-order chi connectivity index (χ0) is 43.2. The molecule has 0 amide bonds. The number of nitrogens with zero attached hydrogens (tertiary/aromatic N) is 4. The molecule has 0 spiro atoms. The fraction of sp³-hybridized carbons (Fsp3) is 0.611. The quantitative estimate of drug-likeness (QED) is 0.0201. The lowest BCUT2D eigenvalue weighted by molar-refractivity contribution is -0.396. The molecule has 58 heavy (non-hydrogen) atoms. The van der Waals surface area contributed by atoms with E-state index in [2.05, 4.69) is 26.0 Å². The molecule has 2 aromatic heterocycles. The lowest BCUT2D eigenvalue weighted by Gasteiger charge is -2.33. The second kappa shape index (κ2) is 21.2. The number of carbonyl (C=O) groups is 1. The molecular formula is C36H44F10N6O5P+. The summed E-state index contributed by atoms with van der Waals surface area (Å²) in [6.45, 7) is -0.207. The van der Waals surface area contributed by atoms with E-state index in [1.807, 2.05) is 0 Å². The van der Waals surface area contributed by atoms with Crippen molar-refractivity contribution in [2.24, 2.45) is 0 Å². The first-order chi connectivity index (χ1) is 27.2. The number of carbonyl (C=O) groups excluding carboxylic acids is 1. The summed E-state index contributed by atoms with van der Waals surface area (Å²) < 4.78 is 162. The van der Waals surface area contributed by atoms with E-state index in [9.17, 15) is 53.3 Å². The Morgan fingerprint density at radius 2 is 1.52 bits per heavy atom. The minimum atomic E-state index is -6.88.